The van der Waals surface area contributed by atoms with Crippen molar-refractivity contribution in [3.8, 4) is 17.0 Å². The first-order valence-electron chi connectivity index (χ1n) is 9.42. The van der Waals surface area contributed by atoms with Crippen molar-refractivity contribution in [2.75, 3.05) is 27.9 Å². The molecule has 7 nitrogen and oxygen atoms in total. The maximum atomic E-state index is 13.3. The first kappa shape index (κ1) is 20.4. The Hall–Kier alpha value is -2.87. The molecule has 3 aromatic rings. The highest BCUT2D eigenvalue weighted by molar-refractivity contribution is 6.30. The molecule has 8 heteroatoms. The molecule has 1 aliphatic heterocycles. The van der Waals surface area contributed by atoms with Gasteiger partial charge in [-0.3, -0.25) is 9.89 Å². The molecular weight excluding hydrogens is 406 g/mol. The second-order valence-electron chi connectivity index (χ2n) is 6.91. The van der Waals surface area contributed by atoms with E-state index in [0.29, 0.717) is 22.2 Å². The lowest BCUT2D eigenvalue weighted by Crippen LogP contribution is -2.38. The lowest BCUT2D eigenvalue weighted by molar-refractivity contribution is -0.113. The molecule has 2 aromatic carbocycles. The Kier molecular flexibility index (Phi) is 5.76. The van der Waals surface area contributed by atoms with E-state index >= 15 is 0 Å². The van der Waals surface area contributed by atoms with Gasteiger partial charge in [-0.25, -0.2) is 0 Å². The summed E-state index contributed by atoms with van der Waals surface area (Å²) in [6.45, 7) is 0.260. The van der Waals surface area contributed by atoms with Gasteiger partial charge >= 0.3 is 0 Å². The average molecular weight is 428 g/mol. The van der Waals surface area contributed by atoms with Crippen LogP contribution in [0.3, 0.4) is 0 Å². The minimum Gasteiger partial charge on any atom is -0.497 e. The highest BCUT2D eigenvalue weighted by Gasteiger charge is 2.43. The first-order chi connectivity index (χ1) is 14.6. The van der Waals surface area contributed by atoms with E-state index in [4.69, 9.17) is 25.8 Å². The number of nitrogens with zero attached hydrogens (tertiary/aromatic N) is 2. The lowest BCUT2D eigenvalue weighted by Gasteiger charge is -2.29. The van der Waals surface area contributed by atoms with Gasteiger partial charge in [0.2, 0.25) is 0 Å². The molecule has 0 bridgehead atoms. The number of methoxy groups -OCH3 is 3. The van der Waals surface area contributed by atoms with Gasteiger partial charge in [-0.15, -0.1) is 0 Å². The zero-order valence-electron chi connectivity index (χ0n) is 16.9. The molecule has 1 aliphatic rings. The quantitative estimate of drug-likeness (QED) is 0.578. The van der Waals surface area contributed by atoms with Crippen LogP contribution in [-0.4, -0.2) is 55.2 Å². The predicted molar refractivity (Wildman–Crippen MR) is 113 cm³/mol. The van der Waals surface area contributed by atoms with E-state index in [9.17, 15) is 4.79 Å². The van der Waals surface area contributed by atoms with E-state index in [2.05, 4.69) is 10.2 Å². The molecule has 2 heterocycles. The van der Waals surface area contributed by atoms with Crippen LogP contribution in [0.1, 0.15) is 27.7 Å². The zero-order valence-corrected chi connectivity index (χ0v) is 17.6. The van der Waals surface area contributed by atoms with Crippen LogP contribution in [0.2, 0.25) is 5.02 Å². The number of aromatic nitrogens is 2. The van der Waals surface area contributed by atoms with Crippen LogP contribution < -0.4 is 4.74 Å². The van der Waals surface area contributed by atoms with Crippen molar-refractivity contribution in [3.05, 3.63) is 70.4 Å². The molecule has 1 amide bonds. The molecule has 0 saturated heterocycles. The highest BCUT2D eigenvalue weighted by Crippen LogP contribution is 2.43. The van der Waals surface area contributed by atoms with Gasteiger partial charge in [0.05, 0.1) is 25.4 Å². The zero-order chi connectivity index (χ0) is 21.3. The maximum absolute atomic E-state index is 13.3. The molecule has 0 aliphatic carbocycles. The molecule has 4 rings (SSSR count). The summed E-state index contributed by atoms with van der Waals surface area (Å²) in [5.74, 6) is 0.546. The van der Waals surface area contributed by atoms with Crippen LogP contribution in [-0.2, 0) is 9.47 Å². The smallest absolute Gasteiger partial charge is 0.273 e. The SMILES string of the molecule is COc1cccc(C2c3c(-c4ccc(Cl)cc4)n[nH]c3C(=O)N2CC(OC)OC)c1. The third kappa shape index (κ3) is 3.56. The summed E-state index contributed by atoms with van der Waals surface area (Å²) in [5, 5.41) is 8.02. The van der Waals surface area contributed by atoms with E-state index in [1.165, 1.54) is 0 Å². The molecule has 30 heavy (non-hydrogen) atoms. The molecule has 1 atom stereocenters. The number of aromatic amines is 1. The van der Waals surface area contributed by atoms with Crippen LogP contribution >= 0.6 is 11.6 Å². The van der Waals surface area contributed by atoms with Gasteiger partial charge in [-0.05, 0) is 29.8 Å². The minimum atomic E-state index is -0.557. The highest BCUT2D eigenvalue weighted by atomic mass is 35.5. The Labute approximate surface area is 179 Å². The van der Waals surface area contributed by atoms with Gasteiger partial charge in [-0.1, -0.05) is 35.9 Å². The van der Waals surface area contributed by atoms with Gasteiger partial charge in [-0.2, -0.15) is 5.10 Å². The van der Waals surface area contributed by atoms with Gasteiger partial charge in [0, 0.05) is 30.4 Å². The molecule has 0 radical (unpaired) electrons. The number of carbonyl (C=O) groups excluding carboxylic acids is 1. The number of benzene rings is 2. The summed E-state index contributed by atoms with van der Waals surface area (Å²) in [6, 6.07) is 14.7. The molecule has 0 fully saturated rings. The number of fused-ring (bicyclic) bond motifs is 1. The molecular formula is C22H22ClN3O4. The van der Waals surface area contributed by atoms with Crippen molar-refractivity contribution in [1.29, 1.82) is 0 Å². The summed E-state index contributed by atoms with van der Waals surface area (Å²) < 4.78 is 16.1. The molecule has 1 aromatic heterocycles. The number of carbonyl (C=O) groups is 1. The number of nitrogens with one attached hydrogen (secondary N) is 1. The molecule has 1 unspecified atom stereocenters. The van der Waals surface area contributed by atoms with Gasteiger partial charge in [0.15, 0.2) is 6.29 Å². The molecule has 0 saturated carbocycles. The van der Waals surface area contributed by atoms with Crippen molar-refractivity contribution in [2.45, 2.75) is 12.3 Å². The number of H-pyrrole nitrogens is 1. The summed E-state index contributed by atoms with van der Waals surface area (Å²) in [7, 11) is 4.72. The van der Waals surface area contributed by atoms with Crippen LogP contribution in [0, 0.1) is 0 Å². The Morgan fingerprint density at radius 1 is 1.13 bits per heavy atom. The maximum Gasteiger partial charge on any atom is 0.273 e. The number of hydrogen-bond acceptors (Lipinski definition) is 5. The molecule has 0 spiro atoms. The van der Waals surface area contributed by atoms with E-state index in [1.54, 1.807) is 38.4 Å². The standard InChI is InChI=1S/C22H22ClN3O4/c1-28-16-6-4-5-14(11-16)21-18-19(13-7-9-15(23)10-8-13)24-25-20(18)22(27)26(21)12-17(29-2)30-3/h4-11,17,21H,12H2,1-3H3,(H,24,25). The number of hydrogen-bond donors (Lipinski definition) is 1. The Bertz CT molecular complexity index is 1050. The average Bonchev–Trinajstić information content (AvgIpc) is 3.31. The number of halogens is 1. The number of ether oxygens (including phenoxy) is 3. The monoisotopic (exact) mass is 427 g/mol. The summed E-state index contributed by atoms with van der Waals surface area (Å²) in [5.41, 5.74) is 3.75. The van der Waals surface area contributed by atoms with E-state index < -0.39 is 6.29 Å². The van der Waals surface area contributed by atoms with Crippen molar-refractivity contribution >= 4 is 17.5 Å². The summed E-state index contributed by atoms with van der Waals surface area (Å²) >= 11 is 6.05. The number of amides is 1. The third-order valence-electron chi connectivity index (χ3n) is 5.26. The Morgan fingerprint density at radius 3 is 2.53 bits per heavy atom. The van der Waals surface area contributed by atoms with Crippen LogP contribution in [0.25, 0.3) is 11.3 Å². The Morgan fingerprint density at radius 2 is 1.87 bits per heavy atom. The molecule has 1 N–H and O–H groups in total. The van der Waals surface area contributed by atoms with Gasteiger partial charge in [0.1, 0.15) is 11.4 Å². The fourth-order valence-corrected chi connectivity index (χ4v) is 3.90. The van der Waals surface area contributed by atoms with Crippen LogP contribution in [0.15, 0.2) is 48.5 Å². The van der Waals surface area contributed by atoms with Crippen LogP contribution in [0.5, 0.6) is 5.75 Å². The van der Waals surface area contributed by atoms with Crippen molar-refractivity contribution in [1.82, 2.24) is 15.1 Å². The lowest BCUT2D eigenvalue weighted by atomic mass is 9.96. The fourth-order valence-electron chi connectivity index (χ4n) is 3.78. The second-order valence-corrected chi connectivity index (χ2v) is 7.34. The van der Waals surface area contributed by atoms with Gasteiger partial charge in [0.25, 0.3) is 5.91 Å². The third-order valence-corrected chi connectivity index (χ3v) is 5.51. The predicted octanol–water partition coefficient (Wildman–Crippen LogP) is 3.90. The minimum absolute atomic E-state index is 0.162. The van der Waals surface area contributed by atoms with E-state index in [1.807, 2.05) is 36.4 Å². The van der Waals surface area contributed by atoms with Crippen LogP contribution in [0.4, 0.5) is 0 Å². The van der Waals surface area contributed by atoms with Crippen molar-refractivity contribution in [3.63, 3.8) is 0 Å². The molecule has 156 valence electrons. The largest absolute Gasteiger partial charge is 0.497 e. The number of rotatable bonds is 7. The summed E-state index contributed by atoms with van der Waals surface area (Å²) in [6.07, 6.45) is -0.557. The fraction of sp³-hybridized carbons (Fsp3) is 0.273. The van der Waals surface area contributed by atoms with E-state index in [0.717, 1.165) is 16.7 Å². The summed E-state index contributed by atoms with van der Waals surface area (Å²) in [4.78, 5) is 15.0. The normalized spacial score (nSPS) is 15.7. The van der Waals surface area contributed by atoms with Crippen molar-refractivity contribution < 1.29 is 19.0 Å². The van der Waals surface area contributed by atoms with Crippen molar-refractivity contribution in [2.24, 2.45) is 0 Å². The second kappa shape index (κ2) is 8.47. The Balaban J connectivity index is 1.85. The first-order valence-corrected chi connectivity index (χ1v) is 9.79. The van der Waals surface area contributed by atoms with Gasteiger partial charge < -0.3 is 19.1 Å². The van der Waals surface area contributed by atoms with E-state index in [-0.39, 0.29) is 18.5 Å². The topological polar surface area (TPSA) is 76.7 Å².